The topological polar surface area (TPSA) is 43.4 Å². The van der Waals surface area contributed by atoms with Crippen LogP contribution in [0.25, 0.3) is 0 Å². The molecule has 0 radical (unpaired) electrons. The zero-order chi connectivity index (χ0) is 13.0. The highest BCUT2D eigenvalue weighted by atomic mass is 35.5. The molecule has 1 aromatic rings. The van der Waals surface area contributed by atoms with Crippen LogP contribution in [-0.2, 0) is 16.1 Å². The summed E-state index contributed by atoms with van der Waals surface area (Å²) in [4.78, 5) is 3.94. The Labute approximate surface area is 113 Å². The van der Waals surface area contributed by atoms with Crippen molar-refractivity contribution in [1.29, 1.82) is 0 Å². The van der Waals surface area contributed by atoms with Gasteiger partial charge in [-0.3, -0.25) is 4.98 Å². The van der Waals surface area contributed by atoms with Crippen molar-refractivity contribution in [3.05, 3.63) is 29.0 Å². The largest absolute Gasteiger partial charge is 0.374 e. The molecule has 0 spiro atoms. The Morgan fingerprint density at radius 1 is 1.61 bits per heavy atom. The molecule has 2 rings (SSSR count). The van der Waals surface area contributed by atoms with Gasteiger partial charge in [0.15, 0.2) is 0 Å². The number of ether oxygens (including phenoxy) is 2. The zero-order valence-electron chi connectivity index (χ0n) is 10.8. The minimum Gasteiger partial charge on any atom is -0.374 e. The lowest BCUT2D eigenvalue weighted by Crippen LogP contribution is -2.51. The lowest BCUT2D eigenvalue weighted by atomic mass is 10.1. The quantitative estimate of drug-likeness (QED) is 0.909. The average Bonchev–Trinajstić information content (AvgIpc) is 2.30. The van der Waals surface area contributed by atoms with E-state index in [0.717, 1.165) is 18.7 Å². The Morgan fingerprint density at radius 2 is 2.44 bits per heavy atom. The molecule has 1 aliphatic heterocycles. The SMILES string of the molecule is CC1(C)CNCC(COCc2ccncc2Cl)O1. The zero-order valence-corrected chi connectivity index (χ0v) is 11.5. The second kappa shape index (κ2) is 5.97. The van der Waals surface area contributed by atoms with Gasteiger partial charge in [-0.05, 0) is 25.5 Å². The van der Waals surface area contributed by atoms with E-state index in [2.05, 4.69) is 24.1 Å². The van der Waals surface area contributed by atoms with Crippen molar-refractivity contribution in [2.45, 2.75) is 32.2 Å². The third kappa shape index (κ3) is 3.92. The van der Waals surface area contributed by atoms with Crippen LogP contribution >= 0.6 is 11.6 Å². The van der Waals surface area contributed by atoms with Gasteiger partial charge in [0, 0.05) is 25.5 Å². The Morgan fingerprint density at radius 3 is 3.17 bits per heavy atom. The van der Waals surface area contributed by atoms with E-state index in [4.69, 9.17) is 21.1 Å². The standard InChI is InChI=1S/C13H19ClN2O2/c1-13(2)9-16-5-11(18-13)8-17-7-10-3-4-15-6-12(10)14/h3-4,6,11,16H,5,7-9H2,1-2H3. The van der Waals surface area contributed by atoms with E-state index >= 15 is 0 Å². The molecule has 1 unspecified atom stereocenters. The Kier molecular flexibility index (Phi) is 4.56. The predicted octanol–water partition coefficient (Wildman–Crippen LogP) is 2.02. The van der Waals surface area contributed by atoms with Crippen LogP contribution in [0, 0.1) is 0 Å². The maximum Gasteiger partial charge on any atom is 0.0940 e. The van der Waals surface area contributed by atoms with Gasteiger partial charge in [0.25, 0.3) is 0 Å². The molecule has 1 N–H and O–H groups in total. The fraction of sp³-hybridized carbons (Fsp3) is 0.615. The number of nitrogens with zero attached hydrogens (tertiary/aromatic N) is 1. The molecule has 0 bridgehead atoms. The summed E-state index contributed by atoms with van der Waals surface area (Å²) < 4.78 is 11.6. The molecule has 4 nitrogen and oxygen atoms in total. The summed E-state index contributed by atoms with van der Waals surface area (Å²) in [6.07, 6.45) is 3.43. The molecule has 1 fully saturated rings. The molecule has 1 atom stereocenters. The first-order chi connectivity index (χ1) is 8.57. The van der Waals surface area contributed by atoms with Gasteiger partial charge in [0.1, 0.15) is 0 Å². The van der Waals surface area contributed by atoms with Crippen LogP contribution in [0.2, 0.25) is 5.02 Å². The van der Waals surface area contributed by atoms with Crippen LogP contribution < -0.4 is 5.32 Å². The van der Waals surface area contributed by atoms with Crippen molar-refractivity contribution in [2.75, 3.05) is 19.7 Å². The van der Waals surface area contributed by atoms with Gasteiger partial charge in [-0.2, -0.15) is 0 Å². The minimum absolute atomic E-state index is 0.0920. The second-order valence-electron chi connectivity index (χ2n) is 5.11. The summed E-state index contributed by atoms with van der Waals surface area (Å²) in [6, 6.07) is 1.87. The van der Waals surface area contributed by atoms with E-state index in [1.807, 2.05) is 6.07 Å². The highest BCUT2D eigenvalue weighted by molar-refractivity contribution is 6.31. The Balaban J connectivity index is 1.77. The van der Waals surface area contributed by atoms with Gasteiger partial charge in [-0.25, -0.2) is 0 Å². The lowest BCUT2D eigenvalue weighted by molar-refractivity contribution is -0.122. The van der Waals surface area contributed by atoms with Crippen molar-refractivity contribution in [1.82, 2.24) is 10.3 Å². The van der Waals surface area contributed by atoms with E-state index in [1.165, 1.54) is 0 Å². The fourth-order valence-electron chi connectivity index (χ4n) is 1.98. The highest BCUT2D eigenvalue weighted by Crippen LogP contribution is 2.17. The first kappa shape index (κ1) is 13.7. The van der Waals surface area contributed by atoms with Crippen molar-refractivity contribution in [2.24, 2.45) is 0 Å². The summed E-state index contributed by atoms with van der Waals surface area (Å²) >= 11 is 6.00. The number of morpholine rings is 1. The van der Waals surface area contributed by atoms with Crippen molar-refractivity contribution < 1.29 is 9.47 Å². The number of pyridine rings is 1. The fourth-order valence-corrected chi connectivity index (χ4v) is 2.16. The molecule has 100 valence electrons. The van der Waals surface area contributed by atoms with Crippen LogP contribution in [0.3, 0.4) is 0 Å². The van der Waals surface area contributed by atoms with E-state index in [1.54, 1.807) is 12.4 Å². The van der Waals surface area contributed by atoms with Gasteiger partial charge >= 0.3 is 0 Å². The third-order valence-corrected chi connectivity index (χ3v) is 3.17. The number of hydrogen-bond acceptors (Lipinski definition) is 4. The maximum absolute atomic E-state index is 6.00. The number of nitrogens with one attached hydrogen (secondary N) is 1. The number of aromatic nitrogens is 1. The molecule has 0 amide bonds. The second-order valence-corrected chi connectivity index (χ2v) is 5.52. The summed E-state index contributed by atoms with van der Waals surface area (Å²) in [5.41, 5.74) is 0.829. The van der Waals surface area contributed by atoms with Gasteiger partial charge in [-0.15, -0.1) is 0 Å². The molecule has 2 heterocycles. The normalized spacial score (nSPS) is 22.9. The molecule has 1 saturated heterocycles. The number of hydrogen-bond donors (Lipinski definition) is 1. The van der Waals surface area contributed by atoms with E-state index in [9.17, 15) is 0 Å². The van der Waals surface area contributed by atoms with E-state index in [0.29, 0.717) is 18.2 Å². The third-order valence-electron chi connectivity index (χ3n) is 2.83. The van der Waals surface area contributed by atoms with Crippen LogP contribution in [0.1, 0.15) is 19.4 Å². The van der Waals surface area contributed by atoms with Crippen LogP contribution in [0.4, 0.5) is 0 Å². The van der Waals surface area contributed by atoms with Crippen LogP contribution in [0.5, 0.6) is 0 Å². The first-order valence-electron chi connectivity index (χ1n) is 6.11. The first-order valence-corrected chi connectivity index (χ1v) is 6.49. The molecule has 1 aromatic heterocycles. The molecule has 0 aromatic carbocycles. The Hall–Kier alpha value is -0.680. The van der Waals surface area contributed by atoms with Gasteiger partial charge in [-0.1, -0.05) is 11.6 Å². The molecule has 0 aliphatic carbocycles. The molecule has 5 heteroatoms. The lowest BCUT2D eigenvalue weighted by Gasteiger charge is -2.36. The molecular formula is C13H19ClN2O2. The molecule has 1 aliphatic rings. The maximum atomic E-state index is 6.00. The van der Waals surface area contributed by atoms with Gasteiger partial charge < -0.3 is 14.8 Å². The molecule has 18 heavy (non-hydrogen) atoms. The van der Waals surface area contributed by atoms with Gasteiger partial charge in [0.2, 0.25) is 0 Å². The molecule has 0 saturated carbocycles. The smallest absolute Gasteiger partial charge is 0.0940 e. The van der Waals surface area contributed by atoms with Crippen LogP contribution in [0.15, 0.2) is 18.5 Å². The van der Waals surface area contributed by atoms with E-state index in [-0.39, 0.29) is 11.7 Å². The van der Waals surface area contributed by atoms with Crippen molar-refractivity contribution in [3.63, 3.8) is 0 Å². The molecular weight excluding hydrogens is 252 g/mol. The van der Waals surface area contributed by atoms with Crippen LogP contribution in [-0.4, -0.2) is 36.4 Å². The van der Waals surface area contributed by atoms with Gasteiger partial charge in [0.05, 0.1) is 29.9 Å². The van der Waals surface area contributed by atoms with Crippen molar-refractivity contribution in [3.8, 4) is 0 Å². The predicted molar refractivity (Wildman–Crippen MR) is 70.7 cm³/mol. The average molecular weight is 271 g/mol. The summed E-state index contributed by atoms with van der Waals surface area (Å²) in [6.45, 7) is 6.90. The monoisotopic (exact) mass is 270 g/mol. The van der Waals surface area contributed by atoms with Crippen molar-refractivity contribution >= 4 is 11.6 Å². The Bertz CT molecular complexity index is 398. The summed E-state index contributed by atoms with van der Waals surface area (Å²) in [7, 11) is 0. The summed E-state index contributed by atoms with van der Waals surface area (Å²) in [5.74, 6) is 0. The van der Waals surface area contributed by atoms with E-state index < -0.39 is 0 Å². The number of halogens is 1. The highest BCUT2D eigenvalue weighted by Gasteiger charge is 2.28. The minimum atomic E-state index is -0.124. The summed E-state index contributed by atoms with van der Waals surface area (Å²) in [5, 5.41) is 3.98. The number of rotatable bonds is 4.